The monoisotopic (exact) mass is 263 g/mol. The second kappa shape index (κ2) is 7.49. The van der Waals surface area contributed by atoms with Gasteiger partial charge in [-0.25, -0.2) is 0 Å². The van der Waals surface area contributed by atoms with Gasteiger partial charge in [-0.05, 0) is 18.2 Å². The first-order chi connectivity index (χ1) is 9.08. The Balaban J connectivity index is 2.25. The summed E-state index contributed by atoms with van der Waals surface area (Å²) in [4.78, 5) is 32.3. The number of carbonyl (C=O) groups excluding carboxylic acids is 3. The average molecular weight is 263 g/mol. The van der Waals surface area contributed by atoms with Crippen LogP contribution in [0.3, 0.4) is 0 Å². The number of benzene rings is 1. The van der Waals surface area contributed by atoms with Crippen LogP contribution in [0.2, 0.25) is 0 Å². The Morgan fingerprint density at radius 2 is 1.79 bits per heavy atom. The highest BCUT2D eigenvalue weighted by atomic mass is 16.5. The molecule has 7 nitrogen and oxygen atoms in total. The van der Waals surface area contributed by atoms with Crippen LogP contribution in [0.1, 0.15) is 0 Å². The maximum Gasteiger partial charge on any atom is 0.276 e. The number of carboxylic acid groups (broad SMARTS) is 1. The smallest absolute Gasteiger partial charge is 0.276 e. The predicted molar refractivity (Wildman–Crippen MR) is 62.4 cm³/mol. The predicted octanol–water partition coefficient (Wildman–Crippen LogP) is -1.48. The summed E-state index contributed by atoms with van der Waals surface area (Å²) in [6.07, 6.45) is 1.26. The Labute approximate surface area is 108 Å². The van der Waals surface area contributed by atoms with E-state index in [1.54, 1.807) is 30.3 Å². The molecular weight excluding hydrogens is 252 g/mol. The lowest BCUT2D eigenvalue weighted by Crippen LogP contribution is -2.43. The summed E-state index contributed by atoms with van der Waals surface area (Å²) >= 11 is 0. The van der Waals surface area contributed by atoms with E-state index in [1.165, 1.54) is 0 Å². The highest BCUT2D eigenvalue weighted by Gasteiger charge is 2.03. The van der Waals surface area contributed by atoms with Gasteiger partial charge in [0.15, 0.2) is 6.61 Å². The highest BCUT2D eigenvalue weighted by molar-refractivity contribution is 5.94. The van der Waals surface area contributed by atoms with E-state index in [-0.39, 0.29) is 6.61 Å². The Bertz CT molecular complexity index is 484. The molecule has 1 aromatic rings. The minimum absolute atomic E-state index is 0.283. The van der Waals surface area contributed by atoms with Crippen molar-refractivity contribution in [1.82, 2.24) is 10.9 Å². The Morgan fingerprint density at radius 3 is 2.42 bits per heavy atom. The van der Waals surface area contributed by atoms with Gasteiger partial charge in [-0.3, -0.25) is 20.4 Å². The lowest BCUT2D eigenvalue weighted by Gasteiger charge is -2.07. The lowest BCUT2D eigenvalue weighted by molar-refractivity contribution is -0.297. The minimum Gasteiger partial charge on any atom is -0.545 e. The Hall–Kier alpha value is -2.83. The van der Waals surface area contributed by atoms with E-state index in [0.717, 1.165) is 0 Å². The Kier molecular flexibility index (Phi) is 5.61. The normalized spacial score (nSPS) is 9.89. The molecular formula is C12H11N2O5-. The lowest BCUT2D eigenvalue weighted by atomic mass is 10.3. The molecule has 0 bridgehead atoms. The SMILES string of the molecule is O=C([O-])/C=C/C(=O)NNC(=O)COc1ccccc1. The molecule has 100 valence electrons. The number of amides is 2. The first-order valence-electron chi connectivity index (χ1n) is 5.23. The van der Waals surface area contributed by atoms with E-state index >= 15 is 0 Å². The summed E-state index contributed by atoms with van der Waals surface area (Å²) < 4.78 is 5.11. The molecule has 2 amide bonds. The van der Waals surface area contributed by atoms with Crippen LogP contribution < -0.4 is 20.7 Å². The fraction of sp³-hybridized carbons (Fsp3) is 0.0833. The van der Waals surface area contributed by atoms with E-state index in [1.807, 2.05) is 10.9 Å². The minimum atomic E-state index is -1.51. The molecule has 0 aliphatic heterocycles. The van der Waals surface area contributed by atoms with Crippen LogP contribution >= 0.6 is 0 Å². The molecule has 1 aromatic carbocycles. The first-order valence-corrected chi connectivity index (χ1v) is 5.23. The summed E-state index contributed by atoms with van der Waals surface area (Å²) in [6, 6.07) is 8.65. The fourth-order valence-electron chi connectivity index (χ4n) is 1.02. The molecule has 19 heavy (non-hydrogen) atoms. The van der Waals surface area contributed by atoms with Crippen molar-refractivity contribution in [2.75, 3.05) is 6.61 Å². The number of carbonyl (C=O) groups is 3. The van der Waals surface area contributed by atoms with Crippen molar-refractivity contribution in [3.63, 3.8) is 0 Å². The summed E-state index contributed by atoms with van der Waals surface area (Å²) in [6.45, 7) is -0.283. The zero-order chi connectivity index (χ0) is 14.1. The van der Waals surface area contributed by atoms with Crippen LogP contribution in [0.5, 0.6) is 5.75 Å². The van der Waals surface area contributed by atoms with Gasteiger partial charge in [-0.2, -0.15) is 0 Å². The third-order valence-corrected chi connectivity index (χ3v) is 1.81. The number of rotatable bonds is 5. The number of hydrazine groups is 1. The number of hydrogen-bond acceptors (Lipinski definition) is 5. The van der Waals surface area contributed by atoms with E-state index in [0.29, 0.717) is 17.9 Å². The third kappa shape index (κ3) is 6.47. The average Bonchev–Trinajstić information content (AvgIpc) is 2.41. The molecule has 1 rings (SSSR count). The van der Waals surface area contributed by atoms with Gasteiger partial charge >= 0.3 is 0 Å². The summed E-state index contributed by atoms with van der Waals surface area (Å²) in [5.41, 5.74) is 4.03. The van der Waals surface area contributed by atoms with Crippen LogP contribution in [0.15, 0.2) is 42.5 Å². The Morgan fingerprint density at radius 1 is 1.11 bits per heavy atom. The second-order valence-corrected chi connectivity index (χ2v) is 3.29. The fourth-order valence-corrected chi connectivity index (χ4v) is 1.02. The van der Waals surface area contributed by atoms with Crippen LogP contribution in [0.4, 0.5) is 0 Å². The van der Waals surface area contributed by atoms with E-state index < -0.39 is 17.8 Å². The van der Waals surface area contributed by atoms with Crippen molar-refractivity contribution in [2.45, 2.75) is 0 Å². The van der Waals surface area contributed by atoms with Crippen molar-refractivity contribution in [3.05, 3.63) is 42.5 Å². The maximum atomic E-state index is 11.3. The molecule has 0 aliphatic rings. The number of aliphatic carboxylic acids is 1. The zero-order valence-corrected chi connectivity index (χ0v) is 9.79. The molecule has 0 heterocycles. The van der Waals surface area contributed by atoms with E-state index in [4.69, 9.17) is 4.74 Å². The molecule has 0 saturated carbocycles. The van der Waals surface area contributed by atoms with Crippen molar-refractivity contribution in [2.24, 2.45) is 0 Å². The largest absolute Gasteiger partial charge is 0.545 e. The van der Waals surface area contributed by atoms with Crippen molar-refractivity contribution >= 4 is 17.8 Å². The van der Waals surface area contributed by atoms with Crippen LogP contribution in [0, 0.1) is 0 Å². The van der Waals surface area contributed by atoms with E-state index in [2.05, 4.69) is 0 Å². The highest BCUT2D eigenvalue weighted by Crippen LogP contribution is 2.07. The molecule has 0 spiro atoms. The van der Waals surface area contributed by atoms with Gasteiger partial charge in [-0.1, -0.05) is 18.2 Å². The topological polar surface area (TPSA) is 108 Å². The molecule has 7 heteroatoms. The second-order valence-electron chi connectivity index (χ2n) is 3.29. The van der Waals surface area contributed by atoms with Gasteiger partial charge in [0.1, 0.15) is 5.75 Å². The molecule has 0 fully saturated rings. The summed E-state index contributed by atoms with van der Waals surface area (Å²) in [5.74, 6) is -2.37. The van der Waals surface area contributed by atoms with Gasteiger partial charge in [0.2, 0.25) is 0 Å². The molecule has 0 aliphatic carbocycles. The van der Waals surface area contributed by atoms with Gasteiger partial charge in [0.25, 0.3) is 11.8 Å². The standard InChI is InChI=1S/C12H12N2O5/c15-10(6-7-12(17)18)13-14-11(16)8-19-9-4-2-1-3-5-9/h1-7H,8H2,(H,13,15)(H,14,16)(H,17,18)/p-1/b7-6+. The van der Waals surface area contributed by atoms with Crippen molar-refractivity contribution in [3.8, 4) is 5.75 Å². The molecule has 0 unspecified atom stereocenters. The number of para-hydroxylation sites is 1. The molecule has 0 radical (unpaired) electrons. The number of carboxylic acids is 1. The molecule has 0 aromatic heterocycles. The van der Waals surface area contributed by atoms with Crippen LogP contribution in [-0.2, 0) is 14.4 Å². The van der Waals surface area contributed by atoms with Gasteiger partial charge < -0.3 is 14.6 Å². The zero-order valence-electron chi connectivity index (χ0n) is 9.79. The van der Waals surface area contributed by atoms with Crippen molar-refractivity contribution in [1.29, 1.82) is 0 Å². The summed E-state index contributed by atoms with van der Waals surface area (Å²) in [5, 5.41) is 10.0. The maximum absolute atomic E-state index is 11.3. The van der Waals surface area contributed by atoms with Gasteiger partial charge in [0, 0.05) is 6.08 Å². The van der Waals surface area contributed by atoms with Crippen molar-refractivity contribution < 1.29 is 24.2 Å². The van der Waals surface area contributed by atoms with Crippen LogP contribution in [0.25, 0.3) is 0 Å². The number of hydrogen-bond donors (Lipinski definition) is 2. The number of ether oxygens (including phenoxy) is 1. The number of nitrogens with one attached hydrogen (secondary N) is 2. The molecule has 0 saturated heterocycles. The molecule has 2 N–H and O–H groups in total. The molecule has 0 atom stereocenters. The third-order valence-electron chi connectivity index (χ3n) is 1.81. The van der Waals surface area contributed by atoms with E-state index in [9.17, 15) is 19.5 Å². The summed E-state index contributed by atoms with van der Waals surface area (Å²) in [7, 11) is 0. The van der Waals surface area contributed by atoms with Gasteiger partial charge in [0.05, 0.1) is 5.97 Å². The first kappa shape index (κ1) is 14.2. The van der Waals surface area contributed by atoms with Gasteiger partial charge in [-0.15, -0.1) is 0 Å². The quantitative estimate of drug-likeness (QED) is 0.497. The van der Waals surface area contributed by atoms with Crippen LogP contribution in [-0.4, -0.2) is 24.4 Å².